The molecule has 0 saturated carbocycles. The van der Waals surface area contributed by atoms with E-state index in [1.807, 2.05) is 48.5 Å². The van der Waals surface area contributed by atoms with Crippen molar-refractivity contribution in [3.05, 3.63) is 48.5 Å². The number of fused-ring (bicyclic) bond motifs is 4. The molecule has 3 aromatic rings. The van der Waals surface area contributed by atoms with E-state index in [0.717, 1.165) is 23.2 Å². The van der Waals surface area contributed by atoms with Gasteiger partial charge in [0.25, 0.3) is 0 Å². The molecule has 5 nitrogen and oxygen atoms in total. The standard InChI is InChI=1S/C20H21N3O2/c1-13(12-23(2)3)21-20-19-18(14-8-4-5-9-15(14)22-20)24-16-10-6-7-11-17(16)25-19/h4-11,13H,12H2,1-3H3,(H,21,22). The summed E-state index contributed by atoms with van der Waals surface area (Å²) < 4.78 is 12.3. The Hall–Kier alpha value is -2.79. The summed E-state index contributed by atoms with van der Waals surface area (Å²) in [5.74, 6) is 3.48. The normalized spacial score (nSPS) is 13.6. The molecule has 0 spiro atoms. The highest BCUT2D eigenvalue weighted by atomic mass is 16.6. The van der Waals surface area contributed by atoms with E-state index in [2.05, 4.69) is 31.2 Å². The zero-order valence-electron chi connectivity index (χ0n) is 14.6. The summed E-state index contributed by atoms with van der Waals surface area (Å²) in [6, 6.07) is 15.9. The number of para-hydroxylation sites is 3. The minimum atomic E-state index is 0.216. The second-order valence-corrected chi connectivity index (χ2v) is 6.59. The molecule has 2 aromatic carbocycles. The maximum Gasteiger partial charge on any atom is 0.212 e. The van der Waals surface area contributed by atoms with E-state index >= 15 is 0 Å². The molecule has 0 radical (unpaired) electrons. The Kier molecular flexibility index (Phi) is 3.93. The molecule has 1 N–H and O–H groups in total. The first-order valence-corrected chi connectivity index (χ1v) is 8.40. The molecule has 1 aliphatic heterocycles. The number of hydrogen-bond donors (Lipinski definition) is 1. The molecule has 128 valence electrons. The number of nitrogens with zero attached hydrogens (tertiary/aromatic N) is 2. The number of benzene rings is 2. The Labute approximate surface area is 147 Å². The number of aromatic nitrogens is 1. The van der Waals surface area contributed by atoms with Crippen LogP contribution in [0.5, 0.6) is 23.0 Å². The third-order valence-electron chi connectivity index (χ3n) is 4.10. The van der Waals surface area contributed by atoms with Crippen LogP contribution >= 0.6 is 0 Å². The van der Waals surface area contributed by atoms with Gasteiger partial charge in [-0.25, -0.2) is 4.98 Å². The van der Waals surface area contributed by atoms with E-state index in [1.54, 1.807) is 0 Å². The SMILES string of the molecule is CC(CN(C)C)Nc1nc2ccccc2c2c1Oc1ccccc1O2. The lowest BCUT2D eigenvalue weighted by Gasteiger charge is -2.26. The fourth-order valence-corrected chi connectivity index (χ4v) is 3.12. The van der Waals surface area contributed by atoms with Crippen LogP contribution < -0.4 is 14.8 Å². The molecule has 1 atom stereocenters. The van der Waals surface area contributed by atoms with Crippen LogP contribution in [0.15, 0.2) is 48.5 Å². The largest absolute Gasteiger partial charge is 0.449 e. The minimum absolute atomic E-state index is 0.216. The molecule has 1 aromatic heterocycles. The predicted molar refractivity (Wildman–Crippen MR) is 100.0 cm³/mol. The number of anilines is 1. The molecule has 5 heteroatoms. The van der Waals surface area contributed by atoms with Crippen molar-refractivity contribution in [2.75, 3.05) is 26.0 Å². The van der Waals surface area contributed by atoms with Crippen molar-refractivity contribution in [2.24, 2.45) is 0 Å². The first-order valence-electron chi connectivity index (χ1n) is 8.40. The van der Waals surface area contributed by atoms with Crippen molar-refractivity contribution in [2.45, 2.75) is 13.0 Å². The van der Waals surface area contributed by atoms with E-state index in [4.69, 9.17) is 14.5 Å². The molecule has 0 aliphatic carbocycles. The van der Waals surface area contributed by atoms with Gasteiger partial charge >= 0.3 is 0 Å². The first kappa shape index (κ1) is 15.7. The topological polar surface area (TPSA) is 46.6 Å². The van der Waals surface area contributed by atoms with Gasteiger partial charge in [0.15, 0.2) is 23.1 Å². The number of nitrogens with one attached hydrogen (secondary N) is 1. The van der Waals surface area contributed by atoms with E-state index in [0.29, 0.717) is 23.1 Å². The summed E-state index contributed by atoms with van der Waals surface area (Å²) in [5, 5.41) is 4.41. The van der Waals surface area contributed by atoms with Crippen molar-refractivity contribution >= 4 is 16.7 Å². The lowest BCUT2D eigenvalue weighted by Crippen LogP contribution is -2.30. The van der Waals surface area contributed by atoms with Gasteiger partial charge in [0.05, 0.1) is 5.52 Å². The Morgan fingerprint density at radius 3 is 2.32 bits per heavy atom. The number of hydrogen-bond acceptors (Lipinski definition) is 5. The van der Waals surface area contributed by atoms with Crippen LogP contribution in [0.1, 0.15) is 6.92 Å². The van der Waals surface area contributed by atoms with E-state index in [1.165, 1.54) is 0 Å². The van der Waals surface area contributed by atoms with Gasteiger partial charge in [0, 0.05) is 18.0 Å². The molecule has 1 aliphatic rings. The zero-order chi connectivity index (χ0) is 17.4. The van der Waals surface area contributed by atoms with Gasteiger partial charge in [-0.05, 0) is 45.3 Å². The Morgan fingerprint density at radius 1 is 0.960 bits per heavy atom. The Bertz CT molecular complexity index is 924. The number of ether oxygens (including phenoxy) is 2. The van der Waals surface area contributed by atoms with Crippen molar-refractivity contribution < 1.29 is 9.47 Å². The molecule has 2 heterocycles. The fourth-order valence-electron chi connectivity index (χ4n) is 3.12. The quantitative estimate of drug-likeness (QED) is 0.595. The van der Waals surface area contributed by atoms with Crippen LogP contribution in [0.4, 0.5) is 5.82 Å². The average molecular weight is 335 g/mol. The molecule has 1 unspecified atom stereocenters. The van der Waals surface area contributed by atoms with Crippen LogP contribution in [0.2, 0.25) is 0 Å². The van der Waals surface area contributed by atoms with E-state index in [-0.39, 0.29) is 6.04 Å². The second kappa shape index (κ2) is 6.26. The molecule has 0 fully saturated rings. The van der Waals surface area contributed by atoms with Gasteiger partial charge in [0.1, 0.15) is 0 Å². The van der Waals surface area contributed by atoms with Crippen LogP contribution in [-0.4, -0.2) is 36.6 Å². The minimum Gasteiger partial charge on any atom is -0.449 e. The highest BCUT2D eigenvalue weighted by Crippen LogP contribution is 2.51. The molecular weight excluding hydrogens is 314 g/mol. The summed E-state index contributed by atoms with van der Waals surface area (Å²) in [5.41, 5.74) is 0.879. The van der Waals surface area contributed by atoms with Crippen LogP contribution in [0.3, 0.4) is 0 Å². The highest BCUT2D eigenvalue weighted by molar-refractivity contribution is 5.92. The summed E-state index contributed by atoms with van der Waals surface area (Å²) in [6.07, 6.45) is 0. The Morgan fingerprint density at radius 2 is 1.60 bits per heavy atom. The summed E-state index contributed by atoms with van der Waals surface area (Å²) >= 11 is 0. The van der Waals surface area contributed by atoms with Gasteiger partial charge < -0.3 is 19.7 Å². The maximum absolute atomic E-state index is 6.18. The molecular formula is C20H21N3O2. The average Bonchev–Trinajstić information content (AvgIpc) is 2.60. The Balaban J connectivity index is 1.82. The smallest absolute Gasteiger partial charge is 0.212 e. The third kappa shape index (κ3) is 2.98. The summed E-state index contributed by atoms with van der Waals surface area (Å²) in [6.45, 7) is 3.02. The van der Waals surface area contributed by atoms with Gasteiger partial charge in [-0.15, -0.1) is 0 Å². The highest BCUT2D eigenvalue weighted by Gasteiger charge is 2.26. The lowest BCUT2D eigenvalue weighted by molar-refractivity contribution is 0.361. The number of pyridine rings is 1. The molecule has 4 rings (SSSR count). The monoisotopic (exact) mass is 335 g/mol. The number of likely N-dealkylation sites (N-methyl/N-ethyl adjacent to an activating group) is 1. The molecule has 0 saturated heterocycles. The second-order valence-electron chi connectivity index (χ2n) is 6.59. The summed E-state index contributed by atoms with van der Waals surface area (Å²) in [7, 11) is 4.11. The van der Waals surface area contributed by atoms with Gasteiger partial charge in [-0.1, -0.05) is 24.3 Å². The number of rotatable bonds is 4. The predicted octanol–water partition coefficient (Wildman–Crippen LogP) is 4.49. The van der Waals surface area contributed by atoms with Gasteiger partial charge in [-0.2, -0.15) is 0 Å². The van der Waals surface area contributed by atoms with E-state index in [9.17, 15) is 0 Å². The lowest BCUT2D eigenvalue weighted by atomic mass is 10.1. The zero-order valence-corrected chi connectivity index (χ0v) is 14.6. The van der Waals surface area contributed by atoms with Crippen molar-refractivity contribution in [3.63, 3.8) is 0 Å². The molecule has 0 bridgehead atoms. The molecule has 0 amide bonds. The van der Waals surface area contributed by atoms with Crippen molar-refractivity contribution in [1.82, 2.24) is 9.88 Å². The van der Waals surface area contributed by atoms with Crippen LogP contribution in [-0.2, 0) is 0 Å². The first-order chi connectivity index (χ1) is 12.1. The maximum atomic E-state index is 6.18. The van der Waals surface area contributed by atoms with Crippen molar-refractivity contribution in [1.29, 1.82) is 0 Å². The van der Waals surface area contributed by atoms with Gasteiger partial charge in [0.2, 0.25) is 5.75 Å². The van der Waals surface area contributed by atoms with E-state index < -0.39 is 0 Å². The van der Waals surface area contributed by atoms with Crippen LogP contribution in [0, 0.1) is 0 Å². The van der Waals surface area contributed by atoms with Gasteiger partial charge in [-0.3, -0.25) is 0 Å². The van der Waals surface area contributed by atoms with Crippen LogP contribution in [0.25, 0.3) is 10.9 Å². The summed E-state index contributed by atoms with van der Waals surface area (Å²) in [4.78, 5) is 6.91. The third-order valence-corrected chi connectivity index (χ3v) is 4.10. The molecule has 25 heavy (non-hydrogen) atoms. The fraction of sp³-hybridized carbons (Fsp3) is 0.250. The van der Waals surface area contributed by atoms with Crippen molar-refractivity contribution in [3.8, 4) is 23.0 Å².